The van der Waals surface area contributed by atoms with Crippen LogP contribution in [0.25, 0.3) is 11.1 Å². The summed E-state index contributed by atoms with van der Waals surface area (Å²) in [6.45, 7) is 1.60. The molecule has 5 rings (SSSR count). The Morgan fingerprint density at radius 3 is 2.28 bits per heavy atom. The van der Waals surface area contributed by atoms with E-state index in [2.05, 4.69) is 86.2 Å². The number of aromatic nitrogens is 2. The summed E-state index contributed by atoms with van der Waals surface area (Å²) in [5.41, 5.74) is 5.28. The van der Waals surface area contributed by atoms with Gasteiger partial charge >= 0.3 is 0 Å². The molecule has 1 saturated carbocycles. The smallest absolute Gasteiger partial charge is 0.212 e. The number of nitrogens with zero attached hydrogens (tertiary/aromatic N) is 4. The molecule has 7 nitrogen and oxygen atoms in total. The van der Waals surface area contributed by atoms with E-state index in [0.717, 1.165) is 55.8 Å². The van der Waals surface area contributed by atoms with Crippen LogP contribution < -0.4 is 20.3 Å². The fourth-order valence-electron chi connectivity index (χ4n) is 5.15. The van der Waals surface area contributed by atoms with Gasteiger partial charge in [0.25, 0.3) is 0 Å². The van der Waals surface area contributed by atoms with Crippen molar-refractivity contribution in [3.63, 3.8) is 0 Å². The molecule has 2 heterocycles. The normalized spacial score (nSPS) is 16.7. The molecule has 2 N–H and O–H groups in total. The van der Waals surface area contributed by atoms with Crippen LogP contribution in [-0.2, 0) is 6.54 Å². The van der Waals surface area contributed by atoms with Crippen LogP contribution in [0.3, 0.4) is 0 Å². The topological polar surface area (TPSA) is 86.1 Å². The molecule has 0 atom stereocenters. The summed E-state index contributed by atoms with van der Waals surface area (Å²) >= 11 is 0. The third-order valence-electron chi connectivity index (χ3n) is 7.31. The minimum Gasteiger partial charge on any atom is -0.481 e. The van der Waals surface area contributed by atoms with E-state index >= 15 is 0 Å². The van der Waals surface area contributed by atoms with Crippen LogP contribution in [-0.4, -0.2) is 35.8 Å². The van der Waals surface area contributed by atoms with Crippen molar-refractivity contribution in [3.8, 4) is 23.1 Å². The fraction of sp³-hybridized carbons (Fsp3) is 0.281. The number of anilines is 2. The van der Waals surface area contributed by atoms with Crippen molar-refractivity contribution in [2.24, 2.45) is 0 Å². The van der Waals surface area contributed by atoms with Crippen molar-refractivity contribution in [1.82, 2.24) is 15.3 Å². The van der Waals surface area contributed by atoms with Crippen molar-refractivity contribution in [1.29, 1.82) is 5.26 Å². The molecular weight excluding hydrogens is 484 g/mol. The predicted molar refractivity (Wildman–Crippen MR) is 155 cm³/mol. The molecule has 1 aliphatic rings. The molecule has 1 fully saturated rings. The highest BCUT2D eigenvalue weighted by atomic mass is 16.5. The maximum atomic E-state index is 9.02. The molecular formula is C32H34N6O. The Kier molecular flexibility index (Phi) is 8.67. The van der Waals surface area contributed by atoms with E-state index in [-0.39, 0.29) is 0 Å². The number of hydrogen-bond donors (Lipinski definition) is 2. The lowest BCUT2D eigenvalue weighted by Crippen LogP contribution is -2.45. The highest BCUT2D eigenvalue weighted by Crippen LogP contribution is 2.30. The Labute approximate surface area is 230 Å². The van der Waals surface area contributed by atoms with Crippen LogP contribution in [0.2, 0.25) is 0 Å². The highest BCUT2D eigenvalue weighted by Gasteiger charge is 2.26. The molecule has 2 aromatic heterocycles. The van der Waals surface area contributed by atoms with Crippen molar-refractivity contribution in [2.45, 2.75) is 44.3 Å². The van der Waals surface area contributed by atoms with Gasteiger partial charge in [-0.3, -0.25) is 5.32 Å². The van der Waals surface area contributed by atoms with Gasteiger partial charge in [0.05, 0.1) is 19.3 Å². The second-order valence-corrected chi connectivity index (χ2v) is 9.87. The minimum atomic E-state index is 0.380. The van der Waals surface area contributed by atoms with Gasteiger partial charge in [0.2, 0.25) is 5.88 Å². The number of nitrogens with one attached hydrogen (secondary N) is 2. The first-order chi connectivity index (χ1) is 19.2. The number of pyridine rings is 2. The number of benzene rings is 2. The molecule has 0 aliphatic heterocycles. The molecule has 0 amide bonds. The Hall–Kier alpha value is -4.41. The van der Waals surface area contributed by atoms with Crippen LogP contribution in [0.5, 0.6) is 5.88 Å². The lowest BCUT2D eigenvalue weighted by Gasteiger charge is -2.39. The predicted octanol–water partition coefficient (Wildman–Crippen LogP) is 6.00. The van der Waals surface area contributed by atoms with Crippen molar-refractivity contribution >= 4 is 11.5 Å². The highest BCUT2D eigenvalue weighted by molar-refractivity contribution is 5.66. The summed E-state index contributed by atoms with van der Waals surface area (Å²) in [6.07, 6.45) is 7.79. The zero-order valence-corrected chi connectivity index (χ0v) is 22.3. The quantitative estimate of drug-likeness (QED) is 0.249. The second-order valence-electron chi connectivity index (χ2n) is 9.87. The molecule has 198 valence electrons. The summed E-state index contributed by atoms with van der Waals surface area (Å²) in [6, 6.07) is 29.9. The van der Waals surface area contributed by atoms with Crippen LogP contribution in [0.1, 0.15) is 36.8 Å². The molecule has 2 aromatic carbocycles. The SMILES string of the molecule is COc1ccc(-c2ccc(N(CNCc3ccccc3)C3CCC(Nc4ccc(C#N)cn4)CC3)cc2)cn1. The first-order valence-corrected chi connectivity index (χ1v) is 13.5. The number of ether oxygens (including phenoxy) is 1. The number of hydrogen-bond acceptors (Lipinski definition) is 7. The lowest BCUT2D eigenvalue weighted by atomic mass is 9.90. The summed E-state index contributed by atoms with van der Waals surface area (Å²) in [4.78, 5) is 11.3. The van der Waals surface area contributed by atoms with E-state index < -0.39 is 0 Å². The maximum Gasteiger partial charge on any atom is 0.212 e. The van der Waals surface area contributed by atoms with E-state index in [9.17, 15) is 0 Å². The van der Waals surface area contributed by atoms with E-state index in [4.69, 9.17) is 10.00 Å². The monoisotopic (exact) mass is 518 g/mol. The average molecular weight is 519 g/mol. The first kappa shape index (κ1) is 26.2. The molecule has 0 saturated heterocycles. The van der Waals surface area contributed by atoms with Gasteiger partial charge in [0.15, 0.2) is 0 Å². The van der Waals surface area contributed by atoms with Gasteiger partial charge in [-0.15, -0.1) is 0 Å². The van der Waals surface area contributed by atoms with E-state index in [1.807, 2.05) is 30.5 Å². The summed E-state index contributed by atoms with van der Waals surface area (Å²) < 4.78 is 5.20. The largest absolute Gasteiger partial charge is 0.481 e. The molecule has 0 spiro atoms. The minimum absolute atomic E-state index is 0.380. The third-order valence-corrected chi connectivity index (χ3v) is 7.31. The van der Waals surface area contributed by atoms with E-state index in [1.165, 1.54) is 11.3 Å². The maximum absolute atomic E-state index is 9.02. The van der Waals surface area contributed by atoms with Crippen LogP contribution in [0.4, 0.5) is 11.5 Å². The second kappa shape index (κ2) is 12.9. The first-order valence-electron chi connectivity index (χ1n) is 13.5. The van der Waals surface area contributed by atoms with Gasteiger partial charge in [0, 0.05) is 48.3 Å². The van der Waals surface area contributed by atoms with Crippen LogP contribution >= 0.6 is 0 Å². The van der Waals surface area contributed by atoms with Gasteiger partial charge in [-0.1, -0.05) is 42.5 Å². The molecule has 7 heteroatoms. The van der Waals surface area contributed by atoms with Gasteiger partial charge in [-0.25, -0.2) is 9.97 Å². The number of methoxy groups -OCH3 is 1. The van der Waals surface area contributed by atoms with Crippen molar-refractivity contribution in [3.05, 3.63) is 102 Å². The van der Waals surface area contributed by atoms with Gasteiger partial charge in [-0.05, 0) is 67.1 Å². The zero-order valence-electron chi connectivity index (χ0n) is 22.3. The average Bonchev–Trinajstić information content (AvgIpc) is 3.01. The van der Waals surface area contributed by atoms with E-state index in [1.54, 1.807) is 13.3 Å². The number of rotatable bonds is 10. The molecule has 0 bridgehead atoms. The standard InChI is InChI=1S/C32H34N6O/c1-39-32-18-10-27(22-36-32)26-8-13-29(14-9-26)38(23-34-20-24-5-3-2-4-6-24)30-15-11-28(12-16-30)37-31-17-7-25(19-33)21-35-31/h2-10,13-14,17-18,21-22,28,30,34H,11-12,15-16,20,23H2,1H3,(H,35,37). The number of nitriles is 1. The third kappa shape index (κ3) is 6.92. The van der Waals surface area contributed by atoms with Crippen LogP contribution in [0.15, 0.2) is 91.3 Å². The molecule has 0 unspecified atom stereocenters. The van der Waals surface area contributed by atoms with Crippen LogP contribution in [0, 0.1) is 11.3 Å². The fourth-order valence-corrected chi connectivity index (χ4v) is 5.15. The molecule has 39 heavy (non-hydrogen) atoms. The van der Waals surface area contributed by atoms with Crippen molar-refractivity contribution in [2.75, 3.05) is 24.0 Å². The molecule has 0 radical (unpaired) electrons. The Morgan fingerprint density at radius 2 is 1.64 bits per heavy atom. The zero-order chi connectivity index (χ0) is 26.9. The summed E-state index contributed by atoms with van der Waals surface area (Å²) in [5.74, 6) is 1.45. The van der Waals surface area contributed by atoms with E-state index in [0.29, 0.717) is 23.5 Å². The summed E-state index contributed by atoms with van der Waals surface area (Å²) in [5, 5.41) is 16.2. The van der Waals surface area contributed by atoms with Gasteiger partial charge < -0.3 is 15.0 Å². The molecule has 4 aromatic rings. The lowest BCUT2D eigenvalue weighted by molar-refractivity contribution is 0.382. The molecule has 1 aliphatic carbocycles. The van der Waals surface area contributed by atoms with Gasteiger partial charge in [-0.2, -0.15) is 5.26 Å². The Morgan fingerprint density at radius 1 is 0.872 bits per heavy atom. The summed E-state index contributed by atoms with van der Waals surface area (Å²) in [7, 11) is 1.63. The van der Waals surface area contributed by atoms with Gasteiger partial charge in [0.1, 0.15) is 11.9 Å². The van der Waals surface area contributed by atoms with Crippen molar-refractivity contribution < 1.29 is 4.74 Å². The Balaban J connectivity index is 1.26. The Bertz CT molecular complexity index is 1340.